The van der Waals surface area contributed by atoms with Crippen molar-refractivity contribution in [2.45, 2.75) is 45.8 Å². The molecule has 0 N–H and O–H groups in total. The van der Waals surface area contributed by atoms with Gasteiger partial charge in [0.2, 0.25) is 0 Å². The average Bonchev–Trinajstić information content (AvgIpc) is 2.38. The largest absolute Gasteiger partial charge is 2.00 e. The number of pyridine rings is 1. The monoisotopic (exact) mass is 546 g/mol. The first-order valence-corrected chi connectivity index (χ1v) is 8.05. The van der Waals surface area contributed by atoms with Gasteiger partial charge in [0.25, 0.3) is 0 Å². The summed E-state index contributed by atoms with van der Waals surface area (Å²) in [5.74, 6) is 0. The van der Waals surface area contributed by atoms with Crippen LogP contribution in [0.1, 0.15) is 40.3 Å². The van der Waals surface area contributed by atoms with Gasteiger partial charge in [-0.3, -0.25) is 4.98 Å². The molecule has 1 atom stereocenters. The normalized spacial score (nSPS) is 13.6. The van der Waals surface area contributed by atoms with Crippen molar-refractivity contribution in [3.8, 4) is 0 Å². The molecular weight excluding hydrogens is 522 g/mol. The standard InChI is InChI=1S/C16H24N2O2S.U/c1-13(2)20-11-9-15(18-21(19)16(3,4)5)12-14-8-6-7-10-17-14;/h6-10H,11-12H2,1-5H3;/q-2;+2/t21-;/m1./s1. The topological polar surface area (TPSA) is 51.6 Å². The second-order valence-electron chi connectivity index (χ2n) is 5.87. The SMILES string of the molecule is C[C-](C)OC[CH-]C(Cc1ccccn1)=N[S@](=O)C(C)(C)C.[U+2]. The Kier molecular flexibility index (Phi) is 10.5. The van der Waals surface area contributed by atoms with Gasteiger partial charge in [0.1, 0.15) is 11.0 Å². The molecule has 0 radical (unpaired) electrons. The molecule has 0 aliphatic heterocycles. The Morgan fingerprint density at radius 2 is 2.09 bits per heavy atom. The van der Waals surface area contributed by atoms with Crippen LogP contribution in [0.15, 0.2) is 28.8 Å². The number of ether oxygens (including phenoxy) is 1. The van der Waals surface area contributed by atoms with Crippen LogP contribution in [0.2, 0.25) is 0 Å². The van der Waals surface area contributed by atoms with E-state index in [1.165, 1.54) is 0 Å². The molecule has 0 unspecified atom stereocenters. The Labute approximate surface area is 160 Å². The van der Waals surface area contributed by atoms with Crippen molar-refractivity contribution in [1.82, 2.24) is 4.98 Å². The Hall–Kier alpha value is -0.148. The molecule has 0 bridgehead atoms. The zero-order chi connectivity index (χ0) is 15.9. The van der Waals surface area contributed by atoms with Crippen LogP contribution in [0.5, 0.6) is 0 Å². The van der Waals surface area contributed by atoms with Crippen molar-refractivity contribution in [2.75, 3.05) is 6.61 Å². The van der Waals surface area contributed by atoms with Crippen molar-refractivity contribution in [3.63, 3.8) is 0 Å². The van der Waals surface area contributed by atoms with Crippen molar-refractivity contribution in [1.29, 1.82) is 0 Å². The summed E-state index contributed by atoms with van der Waals surface area (Å²) in [5.41, 5.74) is 1.64. The van der Waals surface area contributed by atoms with Crippen LogP contribution in [0.3, 0.4) is 0 Å². The molecule has 0 aliphatic carbocycles. The second kappa shape index (κ2) is 10.6. The Morgan fingerprint density at radius 3 is 2.59 bits per heavy atom. The molecule has 1 heterocycles. The van der Waals surface area contributed by atoms with Crippen molar-refractivity contribution >= 4 is 16.7 Å². The van der Waals surface area contributed by atoms with Gasteiger partial charge >= 0.3 is 31.1 Å². The first-order valence-electron chi connectivity index (χ1n) is 6.94. The van der Waals surface area contributed by atoms with E-state index in [0.717, 1.165) is 17.5 Å². The zero-order valence-electron chi connectivity index (χ0n) is 13.9. The van der Waals surface area contributed by atoms with E-state index in [0.29, 0.717) is 13.0 Å². The number of nitrogens with zero attached hydrogens (tertiary/aromatic N) is 2. The number of rotatable bonds is 7. The Balaban J connectivity index is 0.00000441. The first-order chi connectivity index (χ1) is 9.79. The van der Waals surface area contributed by atoms with Gasteiger partial charge in [-0.1, -0.05) is 11.8 Å². The van der Waals surface area contributed by atoms with Gasteiger partial charge in [0.15, 0.2) is 0 Å². The van der Waals surface area contributed by atoms with Crippen molar-refractivity contribution in [2.24, 2.45) is 4.40 Å². The smallest absolute Gasteiger partial charge is 0.572 e. The minimum Gasteiger partial charge on any atom is -0.572 e. The summed E-state index contributed by atoms with van der Waals surface area (Å²) < 4.78 is 21.6. The fourth-order valence-electron chi connectivity index (χ4n) is 1.38. The predicted octanol–water partition coefficient (Wildman–Crippen LogP) is 3.32. The second-order valence-corrected chi connectivity index (χ2v) is 7.77. The fourth-order valence-corrected chi connectivity index (χ4v) is 2.00. The van der Waals surface area contributed by atoms with Gasteiger partial charge in [0, 0.05) is 18.3 Å². The first kappa shape index (κ1) is 21.9. The summed E-state index contributed by atoms with van der Waals surface area (Å²) in [6, 6.07) is 5.73. The molecule has 0 aliphatic rings. The van der Waals surface area contributed by atoms with E-state index in [9.17, 15) is 4.21 Å². The van der Waals surface area contributed by atoms with Crippen LogP contribution in [0.4, 0.5) is 0 Å². The Morgan fingerprint density at radius 1 is 1.41 bits per heavy atom. The van der Waals surface area contributed by atoms with Gasteiger partial charge in [0.05, 0.1) is 4.75 Å². The molecule has 0 spiro atoms. The van der Waals surface area contributed by atoms with Crippen LogP contribution in [0.25, 0.3) is 0 Å². The maximum Gasteiger partial charge on any atom is 2.00 e. The fraction of sp³-hybridized carbons (Fsp3) is 0.500. The summed E-state index contributed by atoms with van der Waals surface area (Å²) in [6.07, 6.45) is 5.05. The summed E-state index contributed by atoms with van der Waals surface area (Å²) >= 11 is 0. The third-order valence-electron chi connectivity index (χ3n) is 2.50. The zero-order valence-corrected chi connectivity index (χ0v) is 18.9. The maximum atomic E-state index is 12.2. The molecule has 0 saturated carbocycles. The molecule has 1 aromatic rings. The molecule has 120 valence electrons. The third kappa shape index (κ3) is 9.10. The van der Waals surface area contributed by atoms with Gasteiger partial charge in [-0.25, -0.2) is 14.7 Å². The molecule has 0 amide bonds. The van der Waals surface area contributed by atoms with Crippen LogP contribution >= 0.6 is 0 Å². The van der Waals surface area contributed by atoms with E-state index in [-0.39, 0.29) is 35.9 Å². The molecule has 1 rings (SSSR count). The quantitative estimate of drug-likeness (QED) is 0.390. The molecule has 0 aromatic carbocycles. The molecule has 0 fully saturated rings. The molecule has 1 aromatic heterocycles. The predicted molar refractivity (Wildman–Crippen MR) is 88.1 cm³/mol. The van der Waals surface area contributed by atoms with E-state index in [1.807, 2.05) is 59.2 Å². The van der Waals surface area contributed by atoms with Crippen LogP contribution < -0.4 is 0 Å². The van der Waals surface area contributed by atoms with E-state index in [2.05, 4.69) is 9.38 Å². The van der Waals surface area contributed by atoms with Gasteiger partial charge < -0.3 is 11.2 Å². The maximum absolute atomic E-state index is 12.2. The molecule has 4 nitrogen and oxygen atoms in total. The van der Waals surface area contributed by atoms with Crippen LogP contribution in [-0.2, 0) is 22.1 Å². The van der Waals surface area contributed by atoms with Gasteiger partial charge in [-0.05, 0) is 32.9 Å². The van der Waals surface area contributed by atoms with E-state index < -0.39 is 11.0 Å². The molecular formula is C16H24N2O2SU. The number of hydrogen-bond donors (Lipinski definition) is 0. The van der Waals surface area contributed by atoms with Gasteiger partial charge in [-0.2, -0.15) is 13.8 Å². The average molecular weight is 546 g/mol. The molecule has 0 saturated heterocycles. The summed E-state index contributed by atoms with van der Waals surface area (Å²) in [6.45, 7) is 9.95. The van der Waals surface area contributed by atoms with Crippen LogP contribution in [-0.4, -0.2) is 26.3 Å². The van der Waals surface area contributed by atoms with Crippen molar-refractivity contribution < 1.29 is 40.1 Å². The molecule has 6 heteroatoms. The Bertz CT molecular complexity index is 485. The summed E-state index contributed by atoms with van der Waals surface area (Å²) in [5, 5.41) is 0. The molecule has 22 heavy (non-hydrogen) atoms. The minimum absolute atomic E-state index is 0. The third-order valence-corrected chi connectivity index (χ3v) is 3.95. The van der Waals surface area contributed by atoms with Gasteiger partial charge in [-0.15, -0.1) is 6.61 Å². The summed E-state index contributed by atoms with van der Waals surface area (Å²) in [7, 11) is -1.29. The minimum atomic E-state index is -1.29. The van der Waals surface area contributed by atoms with Crippen molar-refractivity contribution in [3.05, 3.63) is 42.6 Å². The van der Waals surface area contributed by atoms with E-state index in [1.54, 1.807) is 6.20 Å². The van der Waals surface area contributed by atoms with E-state index in [4.69, 9.17) is 4.74 Å². The number of aromatic nitrogens is 1. The number of hydrogen-bond acceptors (Lipinski definition) is 3. The summed E-state index contributed by atoms with van der Waals surface area (Å²) in [4.78, 5) is 4.29. The van der Waals surface area contributed by atoms with Crippen LogP contribution in [0, 0.1) is 43.6 Å². The van der Waals surface area contributed by atoms with E-state index >= 15 is 0 Å².